The smallest absolute Gasteiger partial charge is 0.306 e. The Morgan fingerprint density at radius 3 is 2.02 bits per heavy atom. The van der Waals surface area contributed by atoms with E-state index >= 15 is 0 Å². The van der Waals surface area contributed by atoms with Crippen LogP contribution in [0.4, 0.5) is 0 Å². The second-order valence-electron chi connectivity index (χ2n) is 10.9. The zero-order valence-electron chi connectivity index (χ0n) is 26.7. The SMILES string of the molecule is COc1cc2c(cc1OC)[C@@H](Cc1cc(OC)c(OC)c(OC)c1)[N@@+](C)(CCCOC(=O)CC/C=C/CCC(=O)O)CC2.[Cl-]. The van der Waals surface area contributed by atoms with Gasteiger partial charge in [0, 0.05) is 37.7 Å². The molecule has 2 atom stereocenters. The predicted octanol–water partition coefficient (Wildman–Crippen LogP) is 2.15. The van der Waals surface area contributed by atoms with Gasteiger partial charge in [-0.2, -0.15) is 0 Å². The van der Waals surface area contributed by atoms with E-state index in [1.165, 1.54) is 11.1 Å². The third kappa shape index (κ3) is 9.43. The number of hydrogen-bond donors (Lipinski definition) is 1. The van der Waals surface area contributed by atoms with Crippen LogP contribution < -0.4 is 36.1 Å². The summed E-state index contributed by atoms with van der Waals surface area (Å²) in [6.45, 7) is 2.06. The lowest BCUT2D eigenvalue weighted by atomic mass is 9.86. The van der Waals surface area contributed by atoms with Gasteiger partial charge in [0.1, 0.15) is 6.04 Å². The minimum Gasteiger partial charge on any atom is -1.00 e. The van der Waals surface area contributed by atoms with Gasteiger partial charge in [-0.3, -0.25) is 9.59 Å². The van der Waals surface area contributed by atoms with E-state index in [0.717, 1.165) is 29.6 Å². The van der Waals surface area contributed by atoms with Crippen LogP contribution in [0.1, 0.15) is 54.8 Å². The number of likely N-dealkylation sites (N-methyl/N-ethyl adjacent to an activating group) is 1. The third-order valence-electron chi connectivity index (χ3n) is 8.09. The molecular formula is C33H46ClNO9. The highest BCUT2D eigenvalue weighted by Gasteiger charge is 2.40. The number of aliphatic carboxylic acids is 1. The summed E-state index contributed by atoms with van der Waals surface area (Å²) < 4.78 is 34.4. The molecule has 10 nitrogen and oxygen atoms in total. The summed E-state index contributed by atoms with van der Waals surface area (Å²) in [5, 5.41) is 8.70. The summed E-state index contributed by atoms with van der Waals surface area (Å²) in [7, 11) is 10.4. The fourth-order valence-electron chi connectivity index (χ4n) is 5.73. The topological polar surface area (TPSA) is 110 Å². The summed E-state index contributed by atoms with van der Waals surface area (Å²) in [5.41, 5.74) is 3.48. The zero-order chi connectivity index (χ0) is 31.4. The first kappa shape index (κ1) is 36.6. The van der Waals surface area contributed by atoms with E-state index in [9.17, 15) is 9.59 Å². The molecular weight excluding hydrogens is 590 g/mol. The molecule has 0 saturated heterocycles. The minimum absolute atomic E-state index is 0. The first-order valence-corrected chi connectivity index (χ1v) is 14.6. The number of fused-ring (bicyclic) bond motifs is 1. The van der Waals surface area contributed by atoms with Crippen LogP contribution >= 0.6 is 0 Å². The van der Waals surface area contributed by atoms with Crippen LogP contribution in [0, 0.1) is 0 Å². The van der Waals surface area contributed by atoms with Gasteiger partial charge in [-0.05, 0) is 48.2 Å². The Labute approximate surface area is 266 Å². The van der Waals surface area contributed by atoms with E-state index in [-0.39, 0.29) is 37.3 Å². The monoisotopic (exact) mass is 635 g/mol. The van der Waals surface area contributed by atoms with Crippen molar-refractivity contribution in [2.24, 2.45) is 0 Å². The molecule has 11 heteroatoms. The fourth-order valence-corrected chi connectivity index (χ4v) is 5.73. The molecule has 1 heterocycles. The minimum atomic E-state index is -0.831. The number of esters is 1. The maximum atomic E-state index is 12.3. The molecule has 0 unspecified atom stereocenters. The normalized spacial score (nSPS) is 17.3. The number of ether oxygens (including phenoxy) is 6. The van der Waals surface area contributed by atoms with E-state index in [1.54, 1.807) is 41.6 Å². The number of carbonyl (C=O) groups is 2. The van der Waals surface area contributed by atoms with Gasteiger partial charge in [-0.1, -0.05) is 12.2 Å². The predicted molar refractivity (Wildman–Crippen MR) is 163 cm³/mol. The standard InChI is InChI=1S/C33H45NO9.ClH/c1-34(15-11-17-43-32(37)13-10-8-7-9-12-31(35)36)16-14-24-21-27(38-2)28(39-3)22-25(24)26(34)18-23-19-29(40-4)33(42-6)30(20-23)41-5;/h7-8,19-22,26H,9-18H2,1-6H3;1H/b8-7+;/t26-,34+;/m1./s1. The third-order valence-corrected chi connectivity index (χ3v) is 8.09. The number of halogens is 1. The highest BCUT2D eigenvalue weighted by atomic mass is 35.5. The summed E-state index contributed by atoms with van der Waals surface area (Å²) in [4.78, 5) is 22.9. The van der Waals surface area contributed by atoms with Gasteiger partial charge in [0.05, 0.1) is 62.3 Å². The van der Waals surface area contributed by atoms with Crippen molar-refractivity contribution in [3.63, 3.8) is 0 Å². The maximum Gasteiger partial charge on any atom is 0.306 e. The van der Waals surface area contributed by atoms with E-state index in [2.05, 4.69) is 19.2 Å². The van der Waals surface area contributed by atoms with Crippen LogP contribution in [0.3, 0.4) is 0 Å². The van der Waals surface area contributed by atoms with Crippen LogP contribution in [0.5, 0.6) is 28.7 Å². The number of nitrogens with zero attached hydrogens (tertiary/aromatic N) is 1. The van der Waals surface area contributed by atoms with E-state index in [0.29, 0.717) is 61.0 Å². The Balaban J connectivity index is 0.00000675. The zero-order valence-corrected chi connectivity index (χ0v) is 27.4. The number of quaternary nitrogens is 1. The molecule has 0 fully saturated rings. The average Bonchev–Trinajstić information content (AvgIpc) is 3.01. The largest absolute Gasteiger partial charge is 1.00 e. The lowest BCUT2D eigenvalue weighted by molar-refractivity contribution is -0.941. The van der Waals surface area contributed by atoms with Gasteiger partial charge >= 0.3 is 11.9 Å². The van der Waals surface area contributed by atoms with Crippen molar-refractivity contribution in [2.75, 3.05) is 62.3 Å². The van der Waals surface area contributed by atoms with Crippen LogP contribution in [0.25, 0.3) is 0 Å². The Hall–Kier alpha value is -3.63. The molecule has 0 radical (unpaired) electrons. The highest BCUT2D eigenvalue weighted by molar-refractivity contribution is 5.69. The molecule has 1 aliphatic rings. The van der Waals surface area contributed by atoms with Crippen molar-refractivity contribution in [3.05, 3.63) is 53.1 Å². The number of methoxy groups -OCH3 is 5. The van der Waals surface area contributed by atoms with Crippen LogP contribution in [0.2, 0.25) is 0 Å². The molecule has 244 valence electrons. The molecule has 0 spiro atoms. The van der Waals surface area contributed by atoms with Crippen molar-refractivity contribution in [1.82, 2.24) is 0 Å². The summed E-state index contributed by atoms with van der Waals surface area (Å²) >= 11 is 0. The van der Waals surface area contributed by atoms with Gasteiger partial charge in [0.2, 0.25) is 5.75 Å². The summed E-state index contributed by atoms with van der Waals surface area (Å²) in [6, 6.07) is 8.25. The van der Waals surface area contributed by atoms with Crippen molar-refractivity contribution in [1.29, 1.82) is 0 Å². The second kappa shape index (κ2) is 17.6. The van der Waals surface area contributed by atoms with Crippen LogP contribution in [-0.2, 0) is 27.2 Å². The Morgan fingerprint density at radius 2 is 1.45 bits per heavy atom. The van der Waals surface area contributed by atoms with Crippen molar-refractivity contribution in [3.8, 4) is 28.7 Å². The molecule has 0 amide bonds. The van der Waals surface area contributed by atoms with Gasteiger partial charge < -0.3 is 50.4 Å². The molecule has 0 saturated carbocycles. The molecule has 0 aliphatic carbocycles. The summed E-state index contributed by atoms with van der Waals surface area (Å²) in [6.07, 6.45) is 7.28. The number of carbonyl (C=O) groups excluding carboxylic acids is 1. The van der Waals surface area contributed by atoms with Gasteiger partial charge in [0.15, 0.2) is 23.0 Å². The number of benzene rings is 2. The van der Waals surface area contributed by atoms with Gasteiger partial charge in [0.25, 0.3) is 0 Å². The highest BCUT2D eigenvalue weighted by Crippen LogP contribution is 2.44. The van der Waals surface area contributed by atoms with E-state index in [4.69, 9.17) is 33.5 Å². The van der Waals surface area contributed by atoms with Crippen LogP contribution in [0.15, 0.2) is 36.4 Å². The number of carboxylic acid groups (broad SMARTS) is 1. The second-order valence-corrected chi connectivity index (χ2v) is 10.9. The molecule has 3 rings (SSSR count). The van der Waals surface area contributed by atoms with E-state index in [1.807, 2.05) is 18.2 Å². The maximum absolute atomic E-state index is 12.3. The molecule has 0 aromatic heterocycles. The van der Waals surface area contributed by atoms with Crippen molar-refractivity contribution < 1.29 is 60.0 Å². The lowest BCUT2D eigenvalue weighted by Crippen LogP contribution is -3.00. The molecule has 44 heavy (non-hydrogen) atoms. The average molecular weight is 636 g/mol. The number of allylic oxidation sites excluding steroid dienone is 2. The number of hydrogen-bond acceptors (Lipinski definition) is 8. The molecule has 0 bridgehead atoms. The first-order valence-electron chi connectivity index (χ1n) is 14.6. The summed E-state index contributed by atoms with van der Waals surface area (Å²) in [5.74, 6) is 2.10. The van der Waals surface area contributed by atoms with E-state index < -0.39 is 5.97 Å². The quantitative estimate of drug-likeness (QED) is 0.121. The molecule has 1 N–H and O–H groups in total. The molecule has 2 aromatic rings. The fraction of sp³-hybridized carbons (Fsp3) is 0.515. The molecule has 2 aromatic carbocycles. The Morgan fingerprint density at radius 1 is 0.864 bits per heavy atom. The first-order chi connectivity index (χ1) is 20.7. The molecule has 1 aliphatic heterocycles. The number of rotatable bonds is 17. The Kier molecular flexibility index (Phi) is 14.6. The van der Waals surface area contributed by atoms with Gasteiger partial charge in [-0.15, -0.1) is 0 Å². The number of carboxylic acids is 1. The van der Waals surface area contributed by atoms with Crippen LogP contribution in [-0.4, -0.2) is 83.8 Å². The lowest BCUT2D eigenvalue weighted by Gasteiger charge is -2.46. The Bertz CT molecular complexity index is 1260. The van der Waals surface area contributed by atoms with Crippen molar-refractivity contribution in [2.45, 2.75) is 51.0 Å². The van der Waals surface area contributed by atoms with Gasteiger partial charge in [-0.25, -0.2) is 0 Å². The van der Waals surface area contributed by atoms with Crippen molar-refractivity contribution >= 4 is 11.9 Å².